The van der Waals surface area contributed by atoms with Gasteiger partial charge in [-0.3, -0.25) is 0 Å². The minimum absolute atomic E-state index is 0.411. The Bertz CT molecular complexity index is 174. The molecule has 0 aromatic heterocycles. The van der Waals surface area contributed by atoms with Crippen molar-refractivity contribution in [2.45, 2.75) is 41.5 Å². The van der Waals surface area contributed by atoms with Gasteiger partial charge in [0.1, 0.15) is 0 Å². The van der Waals surface area contributed by atoms with E-state index in [0.717, 1.165) is 36.9 Å². The number of rotatable bonds is 3. The molecule has 0 saturated carbocycles. The fraction of sp³-hybridized carbons (Fsp3) is 1.00. The van der Waals surface area contributed by atoms with Crippen molar-refractivity contribution in [3.63, 3.8) is 0 Å². The number of hydrogen-bond acceptors (Lipinski definition) is 1. The first-order chi connectivity index (χ1) is 6.43. The molecule has 1 aliphatic heterocycles. The molecule has 14 heavy (non-hydrogen) atoms. The zero-order chi connectivity index (χ0) is 10.9. The Labute approximate surface area is 89.2 Å². The number of hydrogen-bond donors (Lipinski definition) is 0. The molecule has 0 amide bonds. The van der Waals surface area contributed by atoms with E-state index in [1.54, 1.807) is 0 Å². The Kier molecular flexibility index (Phi) is 3.63. The zero-order valence-electron chi connectivity index (χ0n) is 10.6. The Morgan fingerprint density at radius 3 is 1.79 bits per heavy atom. The molecule has 0 aliphatic carbocycles. The monoisotopic (exact) mass is 198 g/mol. The molecule has 84 valence electrons. The highest BCUT2D eigenvalue weighted by molar-refractivity contribution is 4.96. The topological polar surface area (TPSA) is 9.23 Å². The first kappa shape index (κ1) is 12.0. The molecule has 0 spiro atoms. The molecule has 0 bridgehead atoms. The highest BCUT2D eigenvalue weighted by Crippen LogP contribution is 2.49. The quantitative estimate of drug-likeness (QED) is 0.673. The molecular formula is C13H26O. The van der Waals surface area contributed by atoms with Crippen molar-refractivity contribution in [2.24, 2.45) is 29.1 Å². The van der Waals surface area contributed by atoms with E-state index in [0.29, 0.717) is 5.41 Å². The Morgan fingerprint density at radius 1 is 1.00 bits per heavy atom. The van der Waals surface area contributed by atoms with Crippen molar-refractivity contribution in [2.75, 3.05) is 13.2 Å². The van der Waals surface area contributed by atoms with Gasteiger partial charge >= 0.3 is 0 Å². The van der Waals surface area contributed by atoms with Crippen LogP contribution in [-0.2, 0) is 4.74 Å². The molecule has 1 heteroatoms. The molecule has 0 N–H and O–H groups in total. The van der Waals surface area contributed by atoms with Crippen molar-refractivity contribution < 1.29 is 4.74 Å². The third-order valence-corrected chi connectivity index (χ3v) is 4.29. The van der Waals surface area contributed by atoms with E-state index in [-0.39, 0.29) is 0 Å². The average Bonchev–Trinajstić information content (AvgIpc) is 2.47. The third kappa shape index (κ3) is 1.71. The van der Waals surface area contributed by atoms with Gasteiger partial charge in [-0.05, 0) is 23.7 Å². The van der Waals surface area contributed by atoms with Crippen LogP contribution in [0.2, 0.25) is 0 Å². The van der Waals surface area contributed by atoms with Gasteiger partial charge in [-0.15, -0.1) is 0 Å². The van der Waals surface area contributed by atoms with Crippen LogP contribution in [0.15, 0.2) is 0 Å². The summed E-state index contributed by atoms with van der Waals surface area (Å²) in [6.07, 6.45) is 0. The summed E-state index contributed by atoms with van der Waals surface area (Å²) in [5.41, 5.74) is 0.411. The second-order valence-corrected chi connectivity index (χ2v) is 5.79. The van der Waals surface area contributed by atoms with Crippen molar-refractivity contribution >= 4 is 0 Å². The van der Waals surface area contributed by atoms with Crippen molar-refractivity contribution in [1.82, 2.24) is 0 Å². The van der Waals surface area contributed by atoms with E-state index >= 15 is 0 Å². The van der Waals surface area contributed by atoms with Crippen LogP contribution in [0.5, 0.6) is 0 Å². The lowest BCUT2D eigenvalue weighted by Crippen LogP contribution is -2.42. The Hall–Kier alpha value is -0.0400. The SMILES string of the molecule is CC(C)C1COCC1(C(C)C)C(C)C. The molecule has 1 unspecified atom stereocenters. The normalized spacial score (nSPS) is 26.8. The predicted octanol–water partition coefficient (Wildman–Crippen LogP) is 3.59. The van der Waals surface area contributed by atoms with Crippen LogP contribution in [0.25, 0.3) is 0 Å². The van der Waals surface area contributed by atoms with Crippen LogP contribution in [-0.4, -0.2) is 13.2 Å². The van der Waals surface area contributed by atoms with E-state index in [1.807, 2.05) is 0 Å². The molecule has 0 aromatic rings. The summed E-state index contributed by atoms with van der Waals surface area (Å²) in [7, 11) is 0. The molecule has 1 nitrogen and oxygen atoms in total. The first-order valence-corrected chi connectivity index (χ1v) is 6.00. The Balaban J connectivity index is 2.95. The summed E-state index contributed by atoms with van der Waals surface area (Å²) in [6, 6.07) is 0. The molecule has 1 fully saturated rings. The highest BCUT2D eigenvalue weighted by atomic mass is 16.5. The maximum atomic E-state index is 5.76. The second kappa shape index (κ2) is 4.22. The lowest BCUT2D eigenvalue weighted by molar-refractivity contribution is 0.0381. The summed E-state index contributed by atoms with van der Waals surface area (Å²) >= 11 is 0. The van der Waals surface area contributed by atoms with E-state index in [9.17, 15) is 0 Å². The lowest BCUT2D eigenvalue weighted by Gasteiger charge is -2.43. The van der Waals surface area contributed by atoms with E-state index in [4.69, 9.17) is 4.74 Å². The Morgan fingerprint density at radius 2 is 1.50 bits per heavy atom. The zero-order valence-corrected chi connectivity index (χ0v) is 10.6. The standard InChI is InChI=1S/C13H26O/c1-9(2)12-7-14-8-13(12,10(3)4)11(5)6/h9-12H,7-8H2,1-6H3. The largest absolute Gasteiger partial charge is 0.381 e. The van der Waals surface area contributed by atoms with Crippen molar-refractivity contribution in [1.29, 1.82) is 0 Å². The van der Waals surface area contributed by atoms with E-state index < -0.39 is 0 Å². The van der Waals surface area contributed by atoms with Gasteiger partial charge in [0.05, 0.1) is 13.2 Å². The van der Waals surface area contributed by atoms with Crippen LogP contribution < -0.4 is 0 Å². The van der Waals surface area contributed by atoms with Crippen LogP contribution in [0.4, 0.5) is 0 Å². The molecule has 1 saturated heterocycles. The molecular weight excluding hydrogens is 172 g/mol. The van der Waals surface area contributed by atoms with Gasteiger partial charge in [-0.1, -0.05) is 41.5 Å². The minimum Gasteiger partial charge on any atom is -0.381 e. The third-order valence-electron chi connectivity index (χ3n) is 4.29. The second-order valence-electron chi connectivity index (χ2n) is 5.79. The fourth-order valence-electron chi connectivity index (χ4n) is 3.29. The van der Waals surface area contributed by atoms with Gasteiger partial charge in [0.2, 0.25) is 0 Å². The van der Waals surface area contributed by atoms with Crippen LogP contribution >= 0.6 is 0 Å². The maximum Gasteiger partial charge on any atom is 0.0531 e. The van der Waals surface area contributed by atoms with Crippen molar-refractivity contribution in [3.8, 4) is 0 Å². The first-order valence-electron chi connectivity index (χ1n) is 6.00. The predicted molar refractivity (Wildman–Crippen MR) is 61.3 cm³/mol. The number of ether oxygens (including phenoxy) is 1. The summed E-state index contributed by atoms with van der Waals surface area (Å²) in [5.74, 6) is 2.92. The fourth-order valence-corrected chi connectivity index (χ4v) is 3.29. The summed E-state index contributed by atoms with van der Waals surface area (Å²) in [4.78, 5) is 0. The maximum absolute atomic E-state index is 5.76. The van der Waals surface area contributed by atoms with Crippen molar-refractivity contribution in [3.05, 3.63) is 0 Å². The van der Waals surface area contributed by atoms with Gasteiger partial charge in [-0.25, -0.2) is 0 Å². The van der Waals surface area contributed by atoms with E-state index in [2.05, 4.69) is 41.5 Å². The molecule has 1 aliphatic rings. The molecule has 1 rings (SSSR count). The average molecular weight is 198 g/mol. The van der Waals surface area contributed by atoms with Gasteiger partial charge in [0, 0.05) is 5.41 Å². The summed E-state index contributed by atoms with van der Waals surface area (Å²) < 4.78 is 5.76. The smallest absolute Gasteiger partial charge is 0.0531 e. The summed E-state index contributed by atoms with van der Waals surface area (Å²) in [5, 5.41) is 0. The van der Waals surface area contributed by atoms with Crippen LogP contribution in [0.1, 0.15) is 41.5 Å². The minimum atomic E-state index is 0.411. The molecule has 1 atom stereocenters. The van der Waals surface area contributed by atoms with Gasteiger partial charge in [-0.2, -0.15) is 0 Å². The van der Waals surface area contributed by atoms with Gasteiger partial charge in [0.15, 0.2) is 0 Å². The lowest BCUT2D eigenvalue weighted by atomic mass is 9.60. The van der Waals surface area contributed by atoms with E-state index in [1.165, 1.54) is 0 Å². The molecule has 1 heterocycles. The highest BCUT2D eigenvalue weighted by Gasteiger charge is 2.49. The van der Waals surface area contributed by atoms with Gasteiger partial charge in [0.25, 0.3) is 0 Å². The van der Waals surface area contributed by atoms with Crippen LogP contribution in [0, 0.1) is 29.1 Å². The molecule has 0 aromatic carbocycles. The van der Waals surface area contributed by atoms with Gasteiger partial charge < -0.3 is 4.74 Å². The van der Waals surface area contributed by atoms with Crippen LogP contribution in [0.3, 0.4) is 0 Å². The molecule has 0 radical (unpaired) electrons. The summed E-state index contributed by atoms with van der Waals surface area (Å²) in [6.45, 7) is 16.0.